The molecule has 1 aromatic carbocycles. The summed E-state index contributed by atoms with van der Waals surface area (Å²) in [6.45, 7) is 1.86. The second-order valence-electron chi connectivity index (χ2n) is 4.29. The van der Waals surface area contributed by atoms with E-state index in [0.29, 0.717) is 0 Å². The molecule has 0 aliphatic rings. The number of benzene rings is 1. The molecule has 0 spiro atoms. The molecule has 0 saturated carbocycles. The van der Waals surface area contributed by atoms with Crippen LogP contribution in [0, 0.1) is 0 Å². The fourth-order valence-electron chi connectivity index (χ4n) is 1.76. The van der Waals surface area contributed by atoms with Crippen molar-refractivity contribution in [2.75, 3.05) is 7.05 Å². The molecule has 1 unspecified atom stereocenters. The van der Waals surface area contributed by atoms with E-state index in [-0.39, 0.29) is 16.0 Å². The highest BCUT2D eigenvalue weighted by atomic mass is 79.9. The first-order valence-electron chi connectivity index (χ1n) is 5.80. The molecular formula is C13H13BrClNO2S2. The molecule has 0 N–H and O–H groups in total. The molecule has 2 aromatic rings. The largest absolute Gasteiger partial charge is 0.244 e. The molecule has 0 amide bonds. The molecular weight excluding hydrogens is 382 g/mol. The van der Waals surface area contributed by atoms with Crippen molar-refractivity contribution in [2.45, 2.75) is 17.9 Å². The number of sulfonamides is 1. The van der Waals surface area contributed by atoms with Gasteiger partial charge in [0.25, 0.3) is 0 Å². The Hall–Kier alpha value is -0.400. The first kappa shape index (κ1) is 16.0. The minimum Gasteiger partial charge on any atom is -0.207 e. The summed E-state index contributed by atoms with van der Waals surface area (Å²) >= 11 is 10.9. The molecule has 3 nitrogen and oxygen atoms in total. The van der Waals surface area contributed by atoms with E-state index < -0.39 is 10.0 Å². The van der Waals surface area contributed by atoms with E-state index in [9.17, 15) is 8.42 Å². The van der Waals surface area contributed by atoms with Gasteiger partial charge in [-0.2, -0.15) is 4.31 Å². The Bertz CT molecular complexity index is 701. The topological polar surface area (TPSA) is 37.4 Å². The van der Waals surface area contributed by atoms with Crippen LogP contribution < -0.4 is 0 Å². The van der Waals surface area contributed by atoms with Gasteiger partial charge < -0.3 is 0 Å². The van der Waals surface area contributed by atoms with Crippen molar-refractivity contribution in [3.05, 3.63) is 50.1 Å². The third kappa shape index (κ3) is 3.09. The summed E-state index contributed by atoms with van der Waals surface area (Å²) in [5, 5.41) is 2.14. The normalized spacial score (nSPS) is 13.7. The zero-order valence-electron chi connectivity index (χ0n) is 10.9. The molecule has 0 radical (unpaired) electrons. The van der Waals surface area contributed by atoms with E-state index in [0.717, 1.165) is 9.35 Å². The molecule has 0 aliphatic carbocycles. The van der Waals surface area contributed by atoms with Gasteiger partial charge >= 0.3 is 0 Å². The van der Waals surface area contributed by atoms with E-state index in [2.05, 4.69) is 15.9 Å². The van der Waals surface area contributed by atoms with E-state index in [1.807, 2.05) is 24.4 Å². The molecule has 7 heteroatoms. The maximum absolute atomic E-state index is 12.6. The third-order valence-corrected chi connectivity index (χ3v) is 7.00. The van der Waals surface area contributed by atoms with E-state index in [1.54, 1.807) is 19.2 Å². The maximum Gasteiger partial charge on any atom is 0.244 e. The molecule has 1 heterocycles. The number of hydrogen-bond acceptors (Lipinski definition) is 3. The highest BCUT2D eigenvalue weighted by Gasteiger charge is 2.28. The summed E-state index contributed by atoms with van der Waals surface area (Å²) in [5.74, 6) is 0. The second kappa shape index (κ2) is 6.15. The van der Waals surface area contributed by atoms with Crippen LogP contribution in [-0.4, -0.2) is 19.8 Å². The summed E-state index contributed by atoms with van der Waals surface area (Å²) in [6, 6.07) is 8.35. The van der Waals surface area contributed by atoms with Gasteiger partial charge in [-0.1, -0.05) is 33.6 Å². The lowest BCUT2D eigenvalue weighted by molar-refractivity contribution is 0.403. The van der Waals surface area contributed by atoms with Crippen LogP contribution >= 0.6 is 38.9 Å². The molecule has 1 aromatic heterocycles. The Morgan fingerprint density at radius 2 is 2.05 bits per heavy atom. The van der Waals surface area contributed by atoms with Crippen LogP contribution in [0.15, 0.2) is 45.1 Å². The molecule has 1 atom stereocenters. The number of nitrogens with zero attached hydrogens (tertiary/aromatic N) is 1. The molecule has 0 saturated heterocycles. The minimum atomic E-state index is -3.62. The lowest BCUT2D eigenvalue weighted by Gasteiger charge is -2.24. The van der Waals surface area contributed by atoms with E-state index in [4.69, 9.17) is 11.6 Å². The molecule has 0 bridgehead atoms. The monoisotopic (exact) mass is 393 g/mol. The quantitative estimate of drug-likeness (QED) is 0.763. The Labute approximate surface area is 136 Å². The van der Waals surface area contributed by atoms with Crippen LogP contribution in [0.25, 0.3) is 0 Å². The van der Waals surface area contributed by atoms with Crippen LogP contribution in [0.5, 0.6) is 0 Å². The van der Waals surface area contributed by atoms with Gasteiger partial charge in [0, 0.05) is 16.4 Å². The van der Waals surface area contributed by atoms with Crippen LogP contribution in [0.4, 0.5) is 0 Å². The predicted octanol–water partition coefficient (Wildman–Crippen LogP) is 4.55. The Kier molecular flexibility index (Phi) is 4.92. The van der Waals surface area contributed by atoms with Crippen LogP contribution in [0.3, 0.4) is 0 Å². The smallest absolute Gasteiger partial charge is 0.207 e. The number of thiophene rings is 1. The summed E-state index contributed by atoms with van der Waals surface area (Å²) in [7, 11) is -2.06. The van der Waals surface area contributed by atoms with Crippen molar-refractivity contribution in [3.8, 4) is 0 Å². The van der Waals surface area contributed by atoms with E-state index >= 15 is 0 Å². The van der Waals surface area contributed by atoms with Gasteiger partial charge in [0.15, 0.2) is 0 Å². The van der Waals surface area contributed by atoms with Crippen LogP contribution in [-0.2, 0) is 10.0 Å². The standard InChI is InChI=1S/C13H13BrClNO2S2/c1-9(12-4-3-7-19-12)16(2)20(17,18)13-6-5-10(14)8-11(13)15/h3-9H,1-2H3. The van der Waals surface area contributed by atoms with Crippen molar-refractivity contribution < 1.29 is 8.42 Å². The average molecular weight is 395 g/mol. The number of rotatable bonds is 4. The fraction of sp³-hybridized carbons (Fsp3) is 0.231. The lowest BCUT2D eigenvalue weighted by atomic mass is 10.3. The SMILES string of the molecule is CC(c1cccs1)N(C)S(=O)(=O)c1ccc(Br)cc1Cl. The summed E-state index contributed by atoms with van der Waals surface area (Å²) < 4.78 is 27.4. The molecule has 0 fully saturated rings. The van der Waals surface area contributed by atoms with Gasteiger partial charge in [-0.15, -0.1) is 11.3 Å². The molecule has 20 heavy (non-hydrogen) atoms. The Balaban J connectivity index is 2.39. The van der Waals surface area contributed by atoms with Crippen molar-refractivity contribution in [2.24, 2.45) is 0 Å². The highest BCUT2D eigenvalue weighted by Crippen LogP contribution is 2.32. The second-order valence-corrected chi connectivity index (χ2v) is 8.56. The van der Waals surface area contributed by atoms with Gasteiger partial charge in [0.05, 0.1) is 11.1 Å². The third-order valence-electron chi connectivity index (χ3n) is 3.05. The van der Waals surface area contributed by atoms with Crippen molar-refractivity contribution >= 4 is 48.9 Å². The number of halogens is 2. The zero-order valence-corrected chi connectivity index (χ0v) is 14.9. The van der Waals surface area contributed by atoms with Gasteiger partial charge in [-0.3, -0.25) is 0 Å². The first-order chi connectivity index (χ1) is 9.34. The van der Waals surface area contributed by atoms with Crippen molar-refractivity contribution in [1.29, 1.82) is 0 Å². The maximum atomic E-state index is 12.6. The first-order valence-corrected chi connectivity index (χ1v) is 9.29. The molecule has 2 rings (SSSR count). The average Bonchev–Trinajstić information content (AvgIpc) is 2.90. The zero-order chi connectivity index (χ0) is 14.9. The van der Waals surface area contributed by atoms with Crippen LogP contribution in [0.2, 0.25) is 5.02 Å². The minimum absolute atomic E-state index is 0.119. The predicted molar refractivity (Wildman–Crippen MR) is 86.8 cm³/mol. The van der Waals surface area contributed by atoms with Gasteiger partial charge in [0.1, 0.15) is 4.90 Å². The summed E-state index contributed by atoms with van der Waals surface area (Å²) in [4.78, 5) is 1.11. The van der Waals surface area contributed by atoms with Crippen molar-refractivity contribution in [1.82, 2.24) is 4.31 Å². The number of hydrogen-bond donors (Lipinski definition) is 0. The highest BCUT2D eigenvalue weighted by molar-refractivity contribution is 9.10. The van der Waals surface area contributed by atoms with Crippen molar-refractivity contribution in [3.63, 3.8) is 0 Å². The fourth-order valence-corrected chi connectivity index (χ4v) is 5.00. The van der Waals surface area contributed by atoms with Gasteiger partial charge in [0.2, 0.25) is 10.0 Å². The van der Waals surface area contributed by atoms with Gasteiger partial charge in [-0.25, -0.2) is 8.42 Å². The Morgan fingerprint density at radius 3 is 2.60 bits per heavy atom. The van der Waals surface area contributed by atoms with Gasteiger partial charge in [-0.05, 0) is 36.6 Å². The summed E-state index contributed by atoms with van der Waals surface area (Å²) in [6.07, 6.45) is 0. The molecule has 0 aliphatic heterocycles. The van der Waals surface area contributed by atoms with E-state index in [1.165, 1.54) is 21.7 Å². The van der Waals surface area contributed by atoms with Crippen LogP contribution in [0.1, 0.15) is 17.8 Å². The lowest BCUT2D eigenvalue weighted by Crippen LogP contribution is -2.29. The Morgan fingerprint density at radius 1 is 1.35 bits per heavy atom. The molecule has 108 valence electrons. The summed E-state index contributed by atoms with van der Waals surface area (Å²) in [5.41, 5.74) is 0.